The van der Waals surface area contributed by atoms with E-state index in [2.05, 4.69) is 15.2 Å². The van der Waals surface area contributed by atoms with Crippen molar-refractivity contribution in [3.8, 4) is 22.8 Å². The van der Waals surface area contributed by atoms with Crippen molar-refractivity contribution in [3.05, 3.63) is 66.4 Å². The SMILES string of the molecule is CCCNC(=O)CN1CCN(C(=O)c2ccccc2-c2ncc(-c3ccccc3)o2)CC1. The van der Waals surface area contributed by atoms with Gasteiger partial charge in [0.05, 0.1) is 18.3 Å². The molecule has 1 aliphatic rings. The molecule has 0 unspecified atom stereocenters. The summed E-state index contributed by atoms with van der Waals surface area (Å²) in [5, 5.41) is 2.90. The number of carbonyl (C=O) groups is 2. The molecule has 0 radical (unpaired) electrons. The molecule has 7 nitrogen and oxygen atoms in total. The van der Waals surface area contributed by atoms with Crippen molar-refractivity contribution in [1.29, 1.82) is 0 Å². The highest BCUT2D eigenvalue weighted by molar-refractivity contribution is 6.00. The fraction of sp³-hybridized carbons (Fsp3) is 0.320. The summed E-state index contributed by atoms with van der Waals surface area (Å²) in [6.07, 6.45) is 2.61. The highest BCUT2D eigenvalue weighted by Crippen LogP contribution is 2.29. The van der Waals surface area contributed by atoms with Crippen molar-refractivity contribution in [1.82, 2.24) is 20.1 Å². The van der Waals surface area contributed by atoms with E-state index in [1.165, 1.54) is 0 Å². The van der Waals surface area contributed by atoms with Gasteiger partial charge in [0.2, 0.25) is 11.8 Å². The average Bonchev–Trinajstić information content (AvgIpc) is 3.34. The molecule has 1 aliphatic heterocycles. The molecule has 0 bridgehead atoms. The maximum atomic E-state index is 13.3. The van der Waals surface area contributed by atoms with E-state index >= 15 is 0 Å². The number of hydrogen-bond donors (Lipinski definition) is 1. The summed E-state index contributed by atoms with van der Waals surface area (Å²) in [4.78, 5) is 33.6. The van der Waals surface area contributed by atoms with E-state index in [1.54, 1.807) is 6.20 Å². The molecule has 0 saturated carbocycles. The Balaban J connectivity index is 1.44. The smallest absolute Gasteiger partial charge is 0.254 e. The van der Waals surface area contributed by atoms with Gasteiger partial charge in [0.15, 0.2) is 5.76 Å². The van der Waals surface area contributed by atoms with Gasteiger partial charge in [0.1, 0.15) is 0 Å². The first-order valence-electron chi connectivity index (χ1n) is 11.0. The fourth-order valence-electron chi connectivity index (χ4n) is 3.79. The van der Waals surface area contributed by atoms with Crippen LogP contribution in [0, 0.1) is 0 Å². The van der Waals surface area contributed by atoms with Crippen molar-refractivity contribution < 1.29 is 14.0 Å². The van der Waals surface area contributed by atoms with Gasteiger partial charge in [-0.3, -0.25) is 14.5 Å². The molecule has 0 spiro atoms. The topological polar surface area (TPSA) is 78.7 Å². The van der Waals surface area contributed by atoms with E-state index in [-0.39, 0.29) is 11.8 Å². The van der Waals surface area contributed by atoms with Crippen LogP contribution in [-0.2, 0) is 4.79 Å². The van der Waals surface area contributed by atoms with E-state index in [1.807, 2.05) is 66.4 Å². The second kappa shape index (κ2) is 10.2. The van der Waals surface area contributed by atoms with Crippen LogP contribution in [0.15, 0.2) is 65.2 Å². The van der Waals surface area contributed by atoms with Crippen LogP contribution in [0.4, 0.5) is 0 Å². The first-order chi connectivity index (χ1) is 15.7. The number of hydrogen-bond acceptors (Lipinski definition) is 5. The van der Waals surface area contributed by atoms with E-state index in [0.717, 1.165) is 12.0 Å². The van der Waals surface area contributed by atoms with Gasteiger partial charge in [0.25, 0.3) is 5.91 Å². The molecule has 166 valence electrons. The highest BCUT2D eigenvalue weighted by Gasteiger charge is 2.26. The number of carbonyl (C=O) groups excluding carboxylic acids is 2. The molecular weight excluding hydrogens is 404 g/mol. The Morgan fingerprint density at radius 1 is 1.00 bits per heavy atom. The van der Waals surface area contributed by atoms with Gasteiger partial charge in [0, 0.05) is 43.9 Å². The van der Waals surface area contributed by atoms with Gasteiger partial charge in [-0.15, -0.1) is 0 Å². The van der Waals surface area contributed by atoms with Crippen LogP contribution in [-0.4, -0.2) is 65.9 Å². The fourth-order valence-corrected chi connectivity index (χ4v) is 3.79. The third-order valence-electron chi connectivity index (χ3n) is 5.55. The van der Waals surface area contributed by atoms with Crippen molar-refractivity contribution in [3.63, 3.8) is 0 Å². The monoisotopic (exact) mass is 432 g/mol. The van der Waals surface area contributed by atoms with Crippen LogP contribution < -0.4 is 5.32 Å². The predicted molar refractivity (Wildman–Crippen MR) is 123 cm³/mol. The largest absolute Gasteiger partial charge is 0.436 e. The number of nitrogens with one attached hydrogen (secondary N) is 1. The minimum absolute atomic E-state index is 0.0371. The summed E-state index contributed by atoms with van der Waals surface area (Å²) in [6.45, 7) is 5.60. The Morgan fingerprint density at radius 2 is 1.72 bits per heavy atom. The van der Waals surface area contributed by atoms with Crippen LogP contribution in [0.5, 0.6) is 0 Å². The second-order valence-corrected chi connectivity index (χ2v) is 7.86. The average molecular weight is 433 g/mol. The Bertz CT molecular complexity index is 1060. The minimum atomic E-state index is -0.0462. The van der Waals surface area contributed by atoms with E-state index in [0.29, 0.717) is 62.0 Å². The molecule has 0 aliphatic carbocycles. The van der Waals surface area contributed by atoms with Crippen LogP contribution in [0.2, 0.25) is 0 Å². The Hall–Kier alpha value is -3.45. The van der Waals surface area contributed by atoms with E-state index < -0.39 is 0 Å². The van der Waals surface area contributed by atoms with Crippen LogP contribution in [0.3, 0.4) is 0 Å². The maximum absolute atomic E-state index is 13.3. The molecule has 1 fully saturated rings. The molecule has 2 amide bonds. The summed E-state index contributed by atoms with van der Waals surface area (Å²) < 4.78 is 5.99. The molecule has 4 rings (SSSR count). The normalized spacial score (nSPS) is 14.3. The zero-order valence-corrected chi connectivity index (χ0v) is 18.3. The lowest BCUT2D eigenvalue weighted by Gasteiger charge is -2.34. The van der Waals surface area contributed by atoms with Gasteiger partial charge in [-0.1, -0.05) is 49.4 Å². The third kappa shape index (κ3) is 5.06. The number of oxazole rings is 1. The van der Waals surface area contributed by atoms with Gasteiger partial charge in [-0.05, 0) is 18.6 Å². The predicted octanol–water partition coefficient (Wildman–Crippen LogP) is 3.29. The number of piperazine rings is 1. The van der Waals surface area contributed by atoms with Gasteiger partial charge in [-0.2, -0.15) is 0 Å². The van der Waals surface area contributed by atoms with Crippen LogP contribution in [0.25, 0.3) is 22.8 Å². The lowest BCUT2D eigenvalue weighted by Crippen LogP contribution is -2.51. The zero-order valence-electron chi connectivity index (χ0n) is 18.3. The van der Waals surface area contributed by atoms with Gasteiger partial charge in [-0.25, -0.2) is 4.98 Å². The second-order valence-electron chi connectivity index (χ2n) is 7.86. The highest BCUT2D eigenvalue weighted by atomic mass is 16.4. The zero-order chi connectivity index (χ0) is 22.3. The summed E-state index contributed by atoms with van der Waals surface area (Å²) in [5.41, 5.74) is 2.19. The summed E-state index contributed by atoms with van der Waals surface area (Å²) in [7, 11) is 0. The lowest BCUT2D eigenvalue weighted by molar-refractivity contribution is -0.122. The lowest BCUT2D eigenvalue weighted by atomic mass is 10.1. The maximum Gasteiger partial charge on any atom is 0.254 e. The molecular formula is C25H28N4O3. The molecule has 3 aromatic rings. The number of nitrogens with zero attached hydrogens (tertiary/aromatic N) is 3. The van der Waals surface area contributed by atoms with Crippen LogP contribution in [0.1, 0.15) is 23.7 Å². The molecule has 1 saturated heterocycles. The minimum Gasteiger partial charge on any atom is -0.436 e. The number of amides is 2. The van der Waals surface area contributed by atoms with Gasteiger partial charge >= 0.3 is 0 Å². The van der Waals surface area contributed by atoms with E-state index in [9.17, 15) is 9.59 Å². The summed E-state index contributed by atoms with van der Waals surface area (Å²) >= 11 is 0. The van der Waals surface area contributed by atoms with Gasteiger partial charge < -0.3 is 14.6 Å². The third-order valence-corrected chi connectivity index (χ3v) is 5.55. The Labute approximate surface area is 188 Å². The molecule has 2 aromatic carbocycles. The Kier molecular flexibility index (Phi) is 6.97. The van der Waals surface area contributed by atoms with E-state index in [4.69, 9.17) is 4.42 Å². The molecule has 7 heteroatoms. The quantitative estimate of drug-likeness (QED) is 0.620. The first-order valence-corrected chi connectivity index (χ1v) is 11.0. The Morgan fingerprint density at radius 3 is 2.47 bits per heavy atom. The first kappa shape index (κ1) is 21.8. The standard InChI is InChI=1S/C25H28N4O3/c1-2-12-26-23(30)18-28-13-15-29(16-14-28)25(31)21-11-7-6-10-20(21)24-27-17-22(32-24)19-8-4-3-5-9-19/h3-11,17H,2,12-16,18H2,1H3,(H,26,30). The molecule has 32 heavy (non-hydrogen) atoms. The summed E-state index contributed by atoms with van der Waals surface area (Å²) in [6, 6.07) is 17.2. The van der Waals surface area contributed by atoms with Crippen molar-refractivity contribution in [2.45, 2.75) is 13.3 Å². The van der Waals surface area contributed by atoms with Crippen molar-refractivity contribution in [2.75, 3.05) is 39.3 Å². The molecule has 0 atom stereocenters. The molecule has 1 aromatic heterocycles. The van der Waals surface area contributed by atoms with Crippen molar-refractivity contribution >= 4 is 11.8 Å². The summed E-state index contributed by atoms with van der Waals surface area (Å²) in [5.74, 6) is 1.09. The molecule has 2 heterocycles. The van der Waals surface area contributed by atoms with Crippen molar-refractivity contribution in [2.24, 2.45) is 0 Å². The van der Waals surface area contributed by atoms with Crippen LogP contribution >= 0.6 is 0 Å². The number of aromatic nitrogens is 1. The molecule has 1 N–H and O–H groups in total. The number of benzene rings is 2. The number of rotatable bonds is 7.